The quantitative estimate of drug-likeness (QED) is 0.147. The van der Waals surface area contributed by atoms with Crippen molar-refractivity contribution in [2.24, 2.45) is 0 Å². The molecule has 0 aliphatic rings. The van der Waals surface area contributed by atoms with Gasteiger partial charge in [0.2, 0.25) is 0 Å². The number of hydrogen-bond acceptors (Lipinski definition) is 5. The lowest BCUT2D eigenvalue weighted by molar-refractivity contribution is -0.138. The average molecular weight is 430 g/mol. The summed E-state index contributed by atoms with van der Waals surface area (Å²) in [5.74, 6) is -0.200. The van der Waals surface area contributed by atoms with Crippen molar-refractivity contribution in [3.8, 4) is 0 Å². The van der Waals surface area contributed by atoms with Crippen LogP contribution in [0.1, 0.15) is 44.9 Å². The second-order valence-electron chi connectivity index (χ2n) is 8.15. The molecule has 0 aromatic heterocycles. The van der Waals surface area contributed by atoms with Gasteiger partial charge in [-0.3, -0.25) is 4.79 Å². The van der Waals surface area contributed by atoms with Crippen LogP contribution in [-0.4, -0.2) is 35.2 Å². The molecule has 0 aromatic carbocycles. The van der Waals surface area contributed by atoms with Crippen molar-refractivity contribution in [2.45, 2.75) is 83.2 Å². The standard InChI is InChI=1S/C20H39NO5Si2/c1-7-24-19(22)15-11-9-10-13-17-27(3,4)26-28(5,6)18-14-12-16-21-20(23)25-8-2/h7-8H,1-2,9-18H2,3-6H3,(H,21,23). The molecule has 0 radical (unpaired) electrons. The maximum atomic E-state index is 11.2. The summed E-state index contributed by atoms with van der Waals surface area (Å²) < 4.78 is 16.0. The van der Waals surface area contributed by atoms with E-state index in [4.69, 9.17) is 8.85 Å². The molecular weight excluding hydrogens is 390 g/mol. The Kier molecular flexibility index (Phi) is 13.9. The van der Waals surface area contributed by atoms with Gasteiger partial charge in [-0.25, -0.2) is 4.79 Å². The molecule has 162 valence electrons. The van der Waals surface area contributed by atoms with Crippen molar-refractivity contribution >= 4 is 28.7 Å². The van der Waals surface area contributed by atoms with E-state index in [1.165, 1.54) is 6.26 Å². The maximum Gasteiger partial charge on any atom is 0.411 e. The molecule has 0 aliphatic carbocycles. The second kappa shape index (κ2) is 14.6. The van der Waals surface area contributed by atoms with Gasteiger partial charge in [-0.05, 0) is 51.1 Å². The van der Waals surface area contributed by atoms with Crippen LogP contribution in [0.25, 0.3) is 0 Å². The highest BCUT2D eigenvalue weighted by Gasteiger charge is 2.32. The predicted molar refractivity (Wildman–Crippen MR) is 119 cm³/mol. The minimum Gasteiger partial charge on any atom is -0.455 e. The van der Waals surface area contributed by atoms with Crippen molar-refractivity contribution in [1.29, 1.82) is 0 Å². The van der Waals surface area contributed by atoms with Crippen LogP contribution in [0, 0.1) is 0 Å². The fraction of sp³-hybridized carbons (Fsp3) is 0.700. The summed E-state index contributed by atoms with van der Waals surface area (Å²) in [5.41, 5.74) is 0. The summed E-state index contributed by atoms with van der Waals surface area (Å²) in [6.45, 7) is 16.5. The van der Waals surface area contributed by atoms with Crippen LogP contribution in [0.2, 0.25) is 38.3 Å². The Morgan fingerprint density at radius 1 is 0.821 bits per heavy atom. The third kappa shape index (κ3) is 15.7. The van der Waals surface area contributed by atoms with Crippen LogP contribution >= 0.6 is 0 Å². The minimum absolute atomic E-state index is 0.200. The summed E-state index contributed by atoms with van der Waals surface area (Å²) in [6.07, 6.45) is 8.46. The van der Waals surface area contributed by atoms with E-state index in [1.54, 1.807) is 0 Å². The SMILES string of the molecule is C=COC(=O)CCCCCC[Si](C)(C)O[Si](C)(C)CCCCNC(=O)OC=C. The Morgan fingerprint density at radius 2 is 1.36 bits per heavy atom. The number of esters is 1. The van der Waals surface area contributed by atoms with Gasteiger partial charge in [-0.1, -0.05) is 38.8 Å². The fourth-order valence-corrected chi connectivity index (χ4v) is 12.2. The first-order chi connectivity index (χ1) is 13.1. The number of carbonyl (C=O) groups excluding carboxylic acids is 2. The van der Waals surface area contributed by atoms with E-state index < -0.39 is 22.7 Å². The third-order valence-electron chi connectivity index (χ3n) is 4.34. The van der Waals surface area contributed by atoms with Gasteiger partial charge in [0.25, 0.3) is 0 Å². The zero-order chi connectivity index (χ0) is 21.5. The van der Waals surface area contributed by atoms with E-state index in [1.807, 2.05) is 0 Å². The summed E-state index contributed by atoms with van der Waals surface area (Å²) >= 11 is 0. The molecule has 0 fully saturated rings. The molecule has 0 spiro atoms. The van der Waals surface area contributed by atoms with E-state index in [0.717, 1.165) is 56.9 Å². The van der Waals surface area contributed by atoms with E-state index >= 15 is 0 Å². The number of alkyl carbamates (subject to hydrolysis) is 1. The number of hydrogen-bond donors (Lipinski definition) is 1. The Bertz CT molecular complexity index is 495. The molecule has 0 aromatic rings. The van der Waals surface area contributed by atoms with Crippen LogP contribution < -0.4 is 5.32 Å². The number of ether oxygens (including phenoxy) is 2. The first kappa shape index (κ1) is 26.6. The summed E-state index contributed by atoms with van der Waals surface area (Å²) in [4.78, 5) is 22.4. The average Bonchev–Trinajstić information content (AvgIpc) is 2.57. The van der Waals surface area contributed by atoms with Gasteiger partial charge >= 0.3 is 12.1 Å². The Labute approximate surface area is 173 Å². The van der Waals surface area contributed by atoms with Crippen molar-refractivity contribution in [3.05, 3.63) is 25.7 Å². The summed E-state index contributed by atoms with van der Waals surface area (Å²) in [7, 11) is -3.37. The molecule has 0 saturated carbocycles. The second-order valence-corrected chi connectivity index (χ2v) is 17.0. The van der Waals surface area contributed by atoms with E-state index in [9.17, 15) is 9.59 Å². The van der Waals surface area contributed by atoms with Crippen LogP contribution in [-0.2, 0) is 18.4 Å². The number of carbonyl (C=O) groups is 2. The molecular formula is C20H39NO5Si2. The highest BCUT2D eigenvalue weighted by molar-refractivity contribution is 6.84. The molecule has 0 rings (SSSR count). The minimum atomic E-state index is -1.70. The summed E-state index contributed by atoms with van der Waals surface area (Å²) in [6, 6.07) is 2.24. The van der Waals surface area contributed by atoms with Crippen molar-refractivity contribution < 1.29 is 23.2 Å². The highest BCUT2D eigenvalue weighted by Crippen LogP contribution is 2.25. The van der Waals surface area contributed by atoms with E-state index in [0.29, 0.717) is 13.0 Å². The Morgan fingerprint density at radius 3 is 1.93 bits per heavy atom. The largest absolute Gasteiger partial charge is 0.455 e. The van der Waals surface area contributed by atoms with E-state index in [-0.39, 0.29) is 5.97 Å². The first-order valence-corrected chi connectivity index (χ1v) is 16.4. The lowest BCUT2D eigenvalue weighted by atomic mass is 10.1. The Balaban J connectivity index is 3.92. The lowest BCUT2D eigenvalue weighted by Crippen LogP contribution is -2.44. The van der Waals surface area contributed by atoms with Gasteiger partial charge in [0.05, 0.1) is 12.5 Å². The molecule has 28 heavy (non-hydrogen) atoms. The first-order valence-electron chi connectivity index (χ1n) is 10.2. The van der Waals surface area contributed by atoms with Crippen molar-refractivity contribution in [2.75, 3.05) is 6.54 Å². The zero-order valence-corrected chi connectivity index (χ0v) is 20.2. The molecule has 6 nitrogen and oxygen atoms in total. The molecule has 0 atom stereocenters. The van der Waals surface area contributed by atoms with Crippen LogP contribution in [0.3, 0.4) is 0 Å². The van der Waals surface area contributed by atoms with Crippen molar-refractivity contribution in [1.82, 2.24) is 5.32 Å². The smallest absolute Gasteiger partial charge is 0.411 e. The topological polar surface area (TPSA) is 73.9 Å². The molecule has 8 heteroatoms. The highest BCUT2D eigenvalue weighted by atomic mass is 28.4. The lowest BCUT2D eigenvalue weighted by Gasteiger charge is -2.34. The predicted octanol–water partition coefficient (Wildman–Crippen LogP) is 5.70. The fourth-order valence-electron chi connectivity index (χ4n) is 3.16. The van der Waals surface area contributed by atoms with Crippen molar-refractivity contribution in [3.63, 3.8) is 0 Å². The zero-order valence-electron chi connectivity index (χ0n) is 18.2. The number of rotatable bonds is 16. The molecule has 0 unspecified atom stereocenters. The monoisotopic (exact) mass is 429 g/mol. The molecule has 1 N–H and O–H groups in total. The summed E-state index contributed by atoms with van der Waals surface area (Å²) in [5, 5.41) is 2.69. The van der Waals surface area contributed by atoms with Gasteiger partial charge in [0, 0.05) is 13.0 Å². The Hall–Kier alpha value is -1.39. The van der Waals surface area contributed by atoms with Gasteiger partial charge in [-0.2, -0.15) is 0 Å². The molecule has 0 saturated heterocycles. The van der Waals surface area contributed by atoms with Gasteiger partial charge < -0.3 is 18.9 Å². The van der Waals surface area contributed by atoms with Gasteiger partial charge in [0.1, 0.15) is 0 Å². The number of amides is 1. The van der Waals surface area contributed by atoms with Crippen LogP contribution in [0.4, 0.5) is 4.79 Å². The maximum absolute atomic E-state index is 11.2. The van der Waals surface area contributed by atoms with Gasteiger partial charge in [-0.15, -0.1) is 0 Å². The molecule has 0 bridgehead atoms. The third-order valence-corrected chi connectivity index (χ3v) is 11.9. The number of unbranched alkanes of at least 4 members (excludes halogenated alkanes) is 4. The van der Waals surface area contributed by atoms with Crippen LogP contribution in [0.5, 0.6) is 0 Å². The molecule has 1 amide bonds. The van der Waals surface area contributed by atoms with E-state index in [2.05, 4.69) is 49.4 Å². The van der Waals surface area contributed by atoms with Crippen LogP contribution in [0.15, 0.2) is 25.7 Å². The molecule has 0 heterocycles. The molecule has 0 aliphatic heterocycles. The van der Waals surface area contributed by atoms with Gasteiger partial charge in [0.15, 0.2) is 16.6 Å². The normalized spacial score (nSPS) is 11.6. The number of nitrogens with one attached hydrogen (secondary N) is 1.